The molecule has 4 aromatic rings. The van der Waals surface area contributed by atoms with Crippen LogP contribution in [0, 0.1) is 11.7 Å². The van der Waals surface area contributed by atoms with Crippen LogP contribution in [-0.4, -0.2) is 33.5 Å². The van der Waals surface area contributed by atoms with Gasteiger partial charge < -0.3 is 14.7 Å². The Morgan fingerprint density at radius 3 is 2.74 bits per heavy atom. The number of nitrogens with zero attached hydrogens (tertiary/aromatic N) is 4. The quantitative estimate of drug-likeness (QED) is 0.472. The third kappa shape index (κ3) is 4.54. The number of para-hydroxylation sites is 1. The summed E-state index contributed by atoms with van der Waals surface area (Å²) in [5, 5.41) is 6.94. The molecule has 5 rings (SSSR count). The van der Waals surface area contributed by atoms with E-state index in [0.29, 0.717) is 29.5 Å². The number of pyridine rings is 1. The average molecular weight is 457 g/mol. The van der Waals surface area contributed by atoms with Crippen LogP contribution in [0.3, 0.4) is 0 Å². The molecule has 1 aliphatic heterocycles. The van der Waals surface area contributed by atoms with Crippen molar-refractivity contribution in [2.75, 3.05) is 16.8 Å². The van der Waals surface area contributed by atoms with E-state index in [1.54, 1.807) is 24.5 Å². The molecule has 0 aliphatic carbocycles. The summed E-state index contributed by atoms with van der Waals surface area (Å²) < 4.78 is 18.6. The van der Waals surface area contributed by atoms with Gasteiger partial charge in [0, 0.05) is 42.3 Å². The largest absolute Gasteiger partial charge is 0.339 e. The number of aromatic nitrogens is 3. The molecule has 2 aromatic heterocycles. The molecular formula is C25H20FN5O3. The highest BCUT2D eigenvalue weighted by Gasteiger charge is 2.35. The van der Waals surface area contributed by atoms with Gasteiger partial charge in [-0.1, -0.05) is 23.4 Å². The van der Waals surface area contributed by atoms with E-state index in [2.05, 4.69) is 20.4 Å². The molecule has 1 atom stereocenters. The Morgan fingerprint density at radius 2 is 1.94 bits per heavy atom. The lowest BCUT2D eigenvalue weighted by molar-refractivity contribution is -0.122. The van der Waals surface area contributed by atoms with E-state index in [1.165, 1.54) is 29.2 Å². The summed E-state index contributed by atoms with van der Waals surface area (Å²) in [6.45, 7) is 0.233. The van der Waals surface area contributed by atoms with E-state index >= 15 is 0 Å². The summed E-state index contributed by atoms with van der Waals surface area (Å²) in [6, 6.07) is 16.6. The molecule has 9 heteroatoms. The van der Waals surface area contributed by atoms with Crippen molar-refractivity contribution in [3.8, 4) is 11.4 Å². The highest BCUT2D eigenvalue weighted by Crippen LogP contribution is 2.27. The zero-order valence-corrected chi connectivity index (χ0v) is 18.0. The van der Waals surface area contributed by atoms with Crippen LogP contribution in [0.1, 0.15) is 17.9 Å². The minimum Gasteiger partial charge on any atom is -0.339 e. The predicted octanol–water partition coefficient (Wildman–Crippen LogP) is 3.85. The second-order valence-electron chi connectivity index (χ2n) is 7.96. The first-order valence-corrected chi connectivity index (χ1v) is 10.7. The van der Waals surface area contributed by atoms with Crippen molar-refractivity contribution in [2.45, 2.75) is 12.8 Å². The maximum atomic E-state index is 13.2. The monoisotopic (exact) mass is 457 g/mol. The molecule has 2 amide bonds. The first kappa shape index (κ1) is 21.4. The van der Waals surface area contributed by atoms with E-state index in [1.807, 2.05) is 24.3 Å². The number of hydrogen-bond acceptors (Lipinski definition) is 6. The Balaban J connectivity index is 1.28. The fourth-order valence-electron chi connectivity index (χ4n) is 3.89. The van der Waals surface area contributed by atoms with Crippen LogP contribution in [0.2, 0.25) is 0 Å². The van der Waals surface area contributed by atoms with Gasteiger partial charge in [-0.2, -0.15) is 4.98 Å². The molecule has 0 bridgehead atoms. The molecule has 0 saturated carbocycles. The van der Waals surface area contributed by atoms with Crippen molar-refractivity contribution in [2.24, 2.45) is 5.92 Å². The van der Waals surface area contributed by atoms with E-state index in [0.717, 1.165) is 11.1 Å². The van der Waals surface area contributed by atoms with Crippen molar-refractivity contribution >= 4 is 23.2 Å². The normalized spacial score (nSPS) is 15.5. The Morgan fingerprint density at radius 1 is 1.12 bits per heavy atom. The van der Waals surface area contributed by atoms with Crippen molar-refractivity contribution < 1.29 is 18.5 Å². The number of halogens is 1. The Labute approximate surface area is 194 Å². The standard InChI is InChI=1S/C25H20FN5O3/c26-19-7-9-20(10-8-19)31-15-18(13-23(31)32)25(33)28-21-6-2-1-4-16(21)12-22-29-24(30-34-22)17-5-3-11-27-14-17/h1-11,14,18H,12-13,15H2,(H,28,33). The van der Waals surface area contributed by atoms with E-state index in [9.17, 15) is 14.0 Å². The van der Waals surface area contributed by atoms with Gasteiger partial charge in [-0.05, 0) is 48.0 Å². The molecule has 170 valence electrons. The maximum absolute atomic E-state index is 13.2. The molecule has 8 nitrogen and oxygen atoms in total. The number of rotatable bonds is 6. The summed E-state index contributed by atoms with van der Waals surface area (Å²) >= 11 is 0. The second kappa shape index (κ2) is 9.22. The second-order valence-corrected chi connectivity index (χ2v) is 7.96. The van der Waals surface area contributed by atoms with Crippen LogP contribution in [0.15, 0.2) is 77.6 Å². The Hall–Kier alpha value is -4.40. The molecule has 0 spiro atoms. The van der Waals surface area contributed by atoms with Gasteiger partial charge in [0.15, 0.2) is 0 Å². The van der Waals surface area contributed by atoms with Gasteiger partial charge in [0.05, 0.1) is 12.3 Å². The zero-order valence-electron chi connectivity index (χ0n) is 18.0. The van der Waals surface area contributed by atoms with Crippen molar-refractivity contribution in [1.82, 2.24) is 15.1 Å². The molecule has 0 radical (unpaired) electrons. The van der Waals surface area contributed by atoms with Crippen molar-refractivity contribution in [3.05, 3.63) is 90.3 Å². The van der Waals surface area contributed by atoms with Gasteiger partial charge in [-0.3, -0.25) is 14.6 Å². The highest BCUT2D eigenvalue weighted by atomic mass is 19.1. The molecule has 1 saturated heterocycles. The van der Waals surface area contributed by atoms with Gasteiger partial charge in [-0.15, -0.1) is 0 Å². The predicted molar refractivity (Wildman–Crippen MR) is 122 cm³/mol. The minimum absolute atomic E-state index is 0.0868. The average Bonchev–Trinajstić information content (AvgIpc) is 3.48. The first-order chi connectivity index (χ1) is 16.6. The third-order valence-corrected chi connectivity index (χ3v) is 5.64. The Kier molecular flexibility index (Phi) is 5.82. The summed E-state index contributed by atoms with van der Waals surface area (Å²) in [5.74, 6) is -0.490. The highest BCUT2D eigenvalue weighted by molar-refractivity contribution is 6.03. The number of anilines is 2. The van der Waals surface area contributed by atoms with Crippen molar-refractivity contribution in [1.29, 1.82) is 0 Å². The first-order valence-electron chi connectivity index (χ1n) is 10.7. The molecule has 1 N–H and O–H groups in total. The van der Waals surface area contributed by atoms with Crippen LogP contribution >= 0.6 is 0 Å². The Bertz CT molecular complexity index is 1320. The molecule has 3 heterocycles. The molecule has 34 heavy (non-hydrogen) atoms. The number of hydrogen-bond donors (Lipinski definition) is 1. The zero-order chi connectivity index (χ0) is 23.5. The van der Waals surface area contributed by atoms with Crippen LogP contribution in [-0.2, 0) is 16.0 Å². The van der Waals surface area contributed by atoms with Crippen LogP contribution < -0.4 is 10.2 Å². The fraction of sp³-hybridized carbons (Fsp3) is 0.160. The lowest BCUT2D eigenvalue weighted by atomic mass is 10.1. The van der Waals surface area contributed by atoms with E-state index < -0.39 is 5.92 Å². The smallest absolute Gasteiger partial charge is 0.231 e. The van der Waals surface area contributed by atoms with Crippen LogP contribution in [0.5, 0.6) is 0 Å². The SMILES string of the molecule is O=C(Nc1ccccc1Cc1nc(-c2cccnc2)no1)C1CC(=O)N(c2ccc(F)cc2)C1. The van der Waals surface area contributed by atoms with Crippen LogP contribution in [0.25, 0.3) is 11.4 Å². The van der Waals surface area contributed by atoms with Crippen LogP contribution in [0.4, 0.5) is 15.8 Å². The number of carbonyl (C=O) groups is 2. The molecule has 2 aromatic carbocycles. The summed E-state index contributed by atoms with van der Waals surface area (Å²) in [4.78, 5) is 35.4. The van der Waals surface area contributed by atoms with Gasteiger partial charge in [-0.25, -0.2) is 4.39 Å². The van der Waals surface area contributed by atoms with E-state index in [4.69, 9.17) is 4.52 Å². The number of nitrogens with one attached hydrogen (secondary N) is 1. The minimum atomic E-state index is -0.522. The summed E-state index contributed by atoms with van der Waals surface area (Å²) in [6.07, 6.45) is 3.74. The number of benzene rings is 2. The van der Waals surface area contributed by atoms with Gasteiger partial charge in [0.25, 0.3) is 0 Å². The molecular weight excluding hydrogens is 437 g/mol. The fourth-order valence-corrected chi connectivity index (χ4v) is 3.89. The number of amides is 2. The maximum Gasteiger partial charge on any atom is 0.231 e. The summed E-state index contributed by atoms with van der Waals surface area (Å²) in [5.41, 5.74) is 2.73. The van der Waals surface area contributed by atoms with Gasteiger partial charge in [0.1, 0.15) is 5.82 Å². The molecule has 1 fully saturated rings. The van der Waals surface area contributed by atoms with Crippen molar-refractivity contribution in [3.63, 3.8) is 0 Å². The molecule has 1 aliphatic rings. The van der Waals surface area contributed by atoms with Gasteiger partial charge in [0.2, 0.25) is 23.5 Å². The van der Waals surface area contributed by atoms with Gasteiger partial charge >= 0.3 is 0 Å². The topological polar surface area (TPSA) is 101 Å². The third-order valence-electron chi connectivity index (χ3n) is 5.64. The number of carbonyl (C=O) groups excluding carboxylic acids is 2. The van der Waals surface area contributed by atoms with E-state index in [-0.39, 0.29) is 30.6 Å². The molecule has 1 unspecified atom stereocenters. The summed E-state index contributed by atoms with van der Waals surface area (Å²) in [7, 11) is 0. The lowest BCUT2D eigenvalue weighted by Crippen LogP contribution is -2.28. The lowest BCUT2D eigenvalue weighted by Gasteiger charge is -2.17.